The molecule has 0 saturated heterocycles. The van der Waals surface area contributed by atoms with Gasteiger partial charge in [-0.25, -0.2) is 0 Å². The maximum Gasteiger partial charge on any atom is 0.306 e. The predicted octanol–water partition coefficient (Wildman–Crippen LogP) is 19.0. The highest BCUT2D eigenvalue weighted by atomic mass is 16.6. The second kappa shape index (κ2) is 57.1. The highest BCUT2D eigenvalue weighted by Crippen LogP contribution is 2.14. The zero-order valence-electron chi connectivity index (χ0n) is 45.0. The molecule has 1 atom stereocenters. The van der Waals surface area contributed by atoms with Crippen LogP contribution in [0.2, 0.25) is 0 Å². The van der Waals surface area contributed by atoms with Gasteiger partial charge in [-0.15, -0.1) is 0 Å². The number of hydrogen-bond donors (Lipinski definition) is 0. The molecule has 0 fully saturated rings. The van der Waals surface area contributed by atoms with Crippen LogP contribution in [0.3, 0.4) is 0 Å². The summed E-state index contributed by atoms with van der Waals surface area (Å²) in [6.07, 6.45) is 80.3. The van der Waals surface area contributed by atoms with Gasteiger partial charge in [-0.1, -0.05) is 225 Å². The van der Waals surface area contributed by atoms with Gasteiger partial charge < -0.3 is 14.2 Å². The van der Waals surface area contributed by atoms with Gasteiger partial charge in [0.2, 0.25) is 0 Å². The average Bonchev–Trinajstić information content (AvgIpc) is 3.36. The fourth-order valence-corrected chi connectivity index (χ4v) is 7.21. The monoisotopic (exact) mass is 967 g/mol. The molecule has 0 spiro atoms. The van der Waals surface area contributed by atoms with Crippen LogP contribution in [0.4, 0.5) is 0 Å². The third-order valence-corrected chi connectivity index (χ3v) is 11.4. The Morgan fingerprint density at radius 2 is 0.571 bits per heavy atom. The van der Waals surface area contributed by atoms with Crippen LogP contribution in [-0.4, -0.2) is 37.2 Å². The van der Waals surface area contributed by atoms with E-state index in [0.29, 0.717) is 19.3 Å². The molecule has 0 radical (unpaired) electrons. The molecule has 0 aliphatic rings. The maximum atomic E-state index is 12.8. The van der Waals surface area contributed by atoms with Gasteiger partial charge in [-0.05, 0) is 122 Å². The number of hydrogen-bond acceptors (Lipinski definition) is 6. The first-order valence-electron chi connectivity index (χ1n) is 28.2. The fraction of sp³-hybridized carbons (Fsp3) is 0.609. The second-order valence-corrected chi connectivity index (χ2v) is 18.1. The van der Waals surface area contributed by atoms with Gasteiger partial charge in [-0.2, -0.15) is 0 Å². The summed E-state index contributed by atoms with van der Waals surface area (Å²) in [5, 5.41) is 0. The Morgan fingerprint density at radius 3 is 0.929 bits per heavy atom. The molecule has 6 nitrogen and oxygen atoms in total. The van der Waals surface area contributed by atoms with Crippen molar-refractivity contribution in [3.05, 3.63) is 134 Å². The Bertz CT molecular complexity index is 1530. The van der Waals surface area contributed by atoms with E-state index in [1.807, 2.05) is 0 Å². The molecule has 0 aliphatic heterocycles. The topological polar surface area (TPSA) is 78.9 Å². The lowest BCUT2D eigenvalue weighted by molar-refractivity contribution is -0.167. The Hall–Kier alpha value is -4.45. The van der Waals surface area contributed by atoms with Crippen molar-refractivity contribution in [1.29, 1.82) is 0 Å². The molecule has 6 heteroatoms. The molecule has 70 heavy (non-hydrogen) atoms. The van der Waals surface area contributed by atoms with E-state index in [4.69, 9.17) is 14.2 Å². The fourth-order valence-electron chi connectivity index (χ4n) is 7.21. The molecule has 0 aromatic carbocycles. The van der Waals surface area contributed by atoms with Crippen LogP contribution in [0, 0.1) is 0 Å². The van der Waals surface area contributed by atoms with Crippen LogP contribution < -0.4 is 0 Å². The lowest BCUT2D eigenvalue weighted by atomic mass is 10.1. The molecule has 0 aromatic rings. The SMILES string of the molecule is CC/C=C\C/C=C\C/C=C\C/C=C\C/C=C\CCCCCCCCCCCC(=O)OCC(COC(=O)CCCCCCC/C=C\CCC)OC(=O)CCC/C=C\C/C=C\C/C=C\C/C=C\C/C=C\CC. The van der Waals surface area contributed by atoms with Crippen molar-refractivity contribution in [3.8, 4) is 0 Å². The summed E-state index contributed by atoms with van der Waals surface area (Å²) in [6.45, 7) is 6.28. The number of rotatable bonds is 49. The summed E-state index contributed by atoms with van der Waals surface area (Å²) in [5.41, 5.74) is 0. The molecule has 0 saturated carbocycles. The van der Waals surface area contributed by atoms with Crippen molar-refractivity contribution in [2.45, 2.75) is 239 Å². The first kappa shape index (κ1) is 65.5. The van der Waals surface area contributed by atoms with Crippen molar-refractivity contribution in [2.75, 3.05) is 13.2 Å². The highest BCUT2D eigenvalue weighted by molar-refractivity contribution is 5.71. The van der Waals surface area contributed by atoms with Gasteiger partial charge in [0.1, 0.15) is 13.2 Å². The van der Waals surface area contributed by atoms with E-state index in [9.17, 15) is 14.4 Å². The Kier molecular flexibility index (Phi) is 53.5. The Labute approximate surface area is 430 Å². The summed E-state index contributed by atoms with van der Waals surface area (Å²) in [6, 6.07) is 0. The number of allylic oxidation sites excluding steroid dienone is 22. The molecule has 1 unspecified atom stereocenters. The molecule has 0 N–H and O–H groups in total. The first-order valence-corrected chi connectivity index (χ1v) is 28.2. The molecule has 394 valence electrons. The largest absolute Gasteiger partial charge is 0.462 e. The van der Waals surface area contributed by atoms with E-state index in [2.05, 4.69) is 154 Å². The van der Waals surface area contributed by atoms with Crippen molar-refractivity contribution in [1.82, 2.24) is 0 Å². The molecule has 0 bridgehead atoms. The second-order valence-electron chi connectivity index (χ2n) is 18.1. The molecule has 0 heterocycles. The minimum Gasteiger partial charge on any atom is -0.462 e. The van der Waals surface area contributed by atoms with E-state index in [1.165, 1.54) is 51.4 Å². The maximum absolute atomic E-state index is 12.8. The molecule has 0 rings (SSSR count). The van der Waals surface area contributed by atoms with Crippen molar-refractivity contribution < 1.29 is 28.6 Å². The zero-order chi connectivity index (χ0) is 50.7. The normalized spacial score (nSPS) is 13.1. The lowest BCUT2D eigenvalue weighted by Gasteiger charge is -2.18. The third kappa shape index (κ3) is 54.5. The first-order chi connectivity index (χ1) is 34.5. The number of esters is 3. The van der Waals surface area contributed by atoms with Crippen LogP contribution in [-0.2, 0) is 28.6 Å². The van der Waals surface area contributed by atoms with Crippen molar-refractivity contribution >= 4 is 17.9 Å². The average molecular weight is 968 g/mol. The number of carbonyl (C=O) groups excluding carboxylic acids is 3. The van der Waals surface area contributed by atoms with Crippen LogP contribution in [0.1, 0.15) is 233 Å². The van der Waals surface area contributed by atoms with E-state index >= 15 is 0 Å². The molecule has 0 aliphatic carbocycles. The summed E-state index contributed by atoms with van der Waals surface area (Å²) >= 11 is 0. The van der Waals surface area contributed by atoms with E-state index in [-0.39, 0.29) is 37.5 Å². The smallest absolute Gasteiger partial charge is 0.306 e. The minimum atomic E-state index is -0.818. The minimum absolute atomic E-state index is 0.111. The van der Waals surface area contributed by atoms with Crippen LogP contribution in [0.15, 0.2) is 134 Å². The van der Waals surface area contributed by atoms with E-state index < -0.39 is 6.10 Å². The van der Waals surface area contributed by atoms with Gasteiger partial charge in [0.25, 0.3) is 0 Å². The van der Waals surface area contributed by atoms with Gasteiger partial charge in [0, 0.05) is 19.3 Å². The summed E-state index contributed by atoms with van der Waals surface area (Å²) in [5.74, 6) is -0.993. The van der Waals surface area contributed by atoms with Gasteiger partial charge in [-0.3, -0.25) is 14.4 Å². The van der Waals surface area contributed by atoms with Crippen molar-refractivity contribution in [2.24, 2.45) is 0 Å². The van der Waals surface area contributed by atoms with Crippen LogP contribution in [0.5, 0.6) is 0 Å². The Morgan fingerprint density at radius 1 is 0.300 bits per heavy atom. The summed E-state index contributed by atoms with van der Waals surface area (Å²) in [7, 11) is 0. The number of ether oxygens (including phenoxy) is 3. The van der Waals surface area contributed by atoms with Crippen molar-refractivity contribution in [3.63, 3.8) is 0 Å². The number of unbranched alkanes of at least 4 members (excludes halogenated alkanes) is 16. The van der Waals surface area contributed by atoms with E-state index in [1.54, 1.807) is 0 Å². The zero-order valence-corrected chi connectivity index (χ0v) is 45.0. The molecule has 0 amide bonds. The van der Waals surface area contributed by atoms with Gasteiger partial charge in [0.15, 0.2) is 6.10 Å². The van der Waals surface area contributed by atoms with Crippen LogP contribution in [0.25, 0.3) is 0 Å². The summed E-state index contributed by atoms with van der Waals surface area (Å²) in [4.78, 5) is 38.0. The summed E-state index contributed by atoms with van der Waals surface area (Å²) < 4.78 is 16.8. The quantitative estimate of drug-likeness (QED) is 0.0262. The molecular formula is C64H102O6. The number of carbonyl (C=O) groups is 3. The molecule has 0 aromatic heterocycles. The Balaban J connectivity index is 4.38. The highest BCUT2D eigenvalue weighted by Gasteiger charge is 2.19. The lowest BCUT2D eigenvalue weighted by Crippen LogP contribution is -2.30. The van der Waals surface area contributed by atoms with Gasteiger partial charge in [0.05, 0.1) is 0 Å². The molecular weight excluding hydrogens is 865 g/mol. The van der Waals surface area contributed by atoms with Gasteiger partial charge >= 0.3 is 17.9 Å². The predicted molar refractivity (Wildman–Crippen MR) is 302 cm³/mol. The van der Waals surface area contributed by atoms with E-state index in [0.717, 1.165) is 135 Å². The van der Waals surface area contributed by atoms with Crippen LogP contribution >= 0.6 is 0 Å². The standard InChI is InChI=1S/C64H102O6/c1-4-7-10-13-16-19-22-24-26-28-29-30-31-32-33-34-35-37-38-40-42-45-48-51-54-57-63(66)69-60-61(59-68-62(65)56-53-50-47-44-21-18-15-12-9-6-3)70-64(67)58-55-52-49-46-43-41-39-36-27-25-23-20-17-14-11-8-5-2/h7-8,10-12,15-17,19-20,24-27,29-30,32-33,39,41,46,49,61H,4-6,9,13-14,18,21-23,28,31,34-38,40,42-45,47-48,50-60H2,1-3H3/b10-7-,11-8-,15-12-,19-16-,20-17-,26-24-,27-25-,30-29-,33-32-,41-39-,49-46-. The third-order valence-electron chi connectivity index (χ3n) is 11.4.